The van der Waals surface area contributed by atoms with Crippen LogP contribution >= 0.6 is 0 Å². The number of hydrogen-bond donors (Lipinski definition) is 1. The van der Waals surface area contributed by atoms with Crippen LogP contribution in [-0.4, -0.2) is 43.7 Å². The second kappa shape index (κ2) is 6.62. The van der Waals surface area contributed by atoms with Crippen LogP contribution < -0.4 is 10.1 Å². The summed E-state index contributed by atoms with van der Waals surface area (Å²) in [7, 11) is 0. The van der Waals surface area contributed by atoms with Gasteiger partial charge < -0.3 is 15.0 Å². The van der Waals surface area contributed by atoms with E-state index in [1.54, 1.807) is 0 Å². The summed E-state index contributed by atoms with van der Waals surface area (Å²) in [4.78, 5) is 2.51. The molecule has 1 aromatic rings. The van der Waals surface area contributed by atoms with Gasteiger partial charge in [-0.25, -0.2) is 0 Å². The molecule has 0 amide bonds. The summed E-state index contributed by atoms with van der Waals surface area (Å²) in [6.45, 7) is 7.62. The van der Waals surface area contributed by atoms with Gasteiger partial charge in [0.1, 0.15) is 5.75 Å². The molecule has 0 saturated carbocycles. The Balaban J connectivity index is 1.60. The Morgan fingerprint density at radius 1 is 1.35 bits per heavy atom. The average Bonchev–Trinajstić information content (AvgIpc) is 2.36. The Morgan fingerprint density at radius 2 is 2.18 bits per heavy atom. The third-order valence-electron chi connectivity index (χ3n) is 3.08. The van der Waals surface area contributed by atoms with Gasteiger partial charge in [-0.05, 0) is 25.5 Å². The first-order valence-corrected chi connectivity index (χ1v) is 6.48. The highest BCUT2D eigenvalue weighted by atomic mass is 16.5. The monoisotopic (exact) mass is 234 g/mol. The fourth-order valence-electron chi connectivity index (χ4n) is 2.21. The third kappa shape index (κ3) is 4.36. The van der Waals surface area contributed by atoms with E-state index in [1.807, 2.05) is 30.3 Å². The first-order valence-electron chi connectivity index (χ1n) is 6.48. The Morgan fingerprint density at radius 3 is 2.94 bits per heavy atom. The minimum Gasteiger partial charge on any atom is -0.494 e. The van der Waals surface area contributed by atoms with Crippen LogP contribution in [0.3, 0.4) is 0 Å². The molecule has 1 aliphatic heterocycles. The summed E-state index contributed by atoms with van der Waals surface area (Å²) < 4.78 is 5.68. The zero-order valence-corrected chi connectivity index (χ0v) is 10.6. The fraction of sp³-hybridized carbons (Fsp3) is 0.571. The number of nitrogens with one attached hydrogen (secondary N) is 1. The zero-order chi connectivity index (χ0) is 11.9. The number of benzene rings is 1. The molecule has 0 bridgehead atoms. The van der Waals surface area contributed by atoms with Gasteiger partial charge in [0, 0.05) is 32.2 Å². The maximum atomic E-state index is 5.68. The lowest BCUT2D eigenvalue weighted by Gasteiger charge is -2.31. The van der Waals surface area contributed by atoms with Gasteiger partial charge in [-0.1, -0.05) is 18.2 Å². The molecule has 17 heavy (non-hydrogen) atoms. The standard InChI is InChI=1S/C14H22N2O/c1-13-12-16(10-8-15-13)9-5-11-17-14-6-3-2-4-7-14/h2-4,6-7,13,15H,5,8-12H2,1H3/t13-/m0/s1. The lowest BCUT2D eigenvalue weighted by molar-refractivity contribution is 0.189. The highest BCUT2D eigenvalue weighted by Gasteiger charge is 2.14. The summed E-state index contributed by atoms with van der Waals surface area (Å²) in [5.41, 5.74) is 0. The quantitative estimate of drug-likeness (QED) is 0.786. The first-order chi connectivity index (χ1) is 8.34. The summed E-state index contributed by atoms with van der Waals surface area (Å²) in [5.74, 6) is 0.973. The van der Waals surface area contributed by atoms with Crippen molar-refractivity contribution in [2.24, 2.45) is 0 Å². The number of rotatable bonds is 5. The van der Waals surface area contributed by atoms with Crippen molar-refractivity contribution in [1.82, 2.24) is 10.2 Å². The van der Waals surface area contributed by atoms with E-state index in [0.29, 0.717) is 6.04 Å². The number of hydrogen-bond acceptors (Lipinski definition) is 3. The fourth-order valence-corrected chi connectivity index (χ4v) is 2.21. The van der Waals surface area contributed by atoms with Gasteiger partial charge in [-0.15, -0.1) is 0 Å². The molecule has 1 N–H and O–H groups in total. The highest BCUT2D eigenvalue weighted by Crippen LogP contribution is 2.08. The maximum absolute atomic E-state index is 5.68. The van der Waals surface area contributed by atoms with Gasteiger partial charge in [0.15, 0.2) is 0 Å². The van der Waals surface area contributed by atoms with E-state index in [9.17, 15) is 0 Å². The van der Waals surface area contributed by atoms with E-state index in [2.05, 4.69) is 17.1 Å². The van der Waals surface area contributed by atoms with Crippen molar-refractivity contribution in [2.75, 3.05) is 32.8 Å². The van der Waals surface area contributed by atoms with Gasteiger partial charge in [0.05, 0.1) is 6.61 Å². The molecule has 1 heterocycles. The molecule has 2 rings (SSSR count). The van der Waals surface area contributed by atoms with Crippen molar-refractivity contribution in [3.63, 3.8) is 0 Å². The van der Waals surface area contributed by atoms with Crippen LogP contribution in [0, 0.1) is 0 Å². The zero-order valence-electron chi connectivity index (χ0n) is 10.6. The Bertz CT molecular complexity index is 315. The molecule has 3 nitrogen and oxygen atoms in total. The molecule has 1 fully saturated rings. The van der Waals surface area contributed by atoms with Gasteiger partial charge >= 0.3 is 0 Å². The van der Waals surface area contributed by atoms with Crippen molar-refractivity contribution in [1.29, 1.82) is 0 Å². The molecule has 0 spiro atoms. The lowest BCUT2D eigenvalue weighted by Crippen LogP contribution is -2.49. The Hall–Kier alpha value is -1.06. The normalized spacial score (nSPS) is 21.4. The first kappa shape index (κ1) is 12.4. The van der Waals surface area contributed by atoms with Gasteiger partial charge in [-0.3, -0.25) is 0 Å². The third-order valence-corrected chi connectivity index (χ3v) is 3.08. The second-order valence-corrected chi connectivity index (χ2v) is 4.67. The van der Waals surface area contributed by atoms with Crippen LogP contribution in [0.15, 0.2) is 30.3 Å². The minimum atomic E-state index is 0.624. The summed E-state index contributed by atoms with van der Waals surface area (Å²) in [6.07, 6.45) is 1.10. The summed E-state index contributed by atoms with van der Waals surface area (Å²) >= 11 is 0. The summed E-state index contributed by atoms with van der Waals surface area (Å²) in [5, 5.41) is 3.46. The molecule has 3 heteroatoms. The van der Waals surface area contributed by atoms with Crippen molar-refractivity contribution in [2.45, 2.75) is 19.4 Å². The molecule has 0 aromatic heterocycles. The van der Waals surface area contributed by atoms with Crippen LogP contribution in [0.4, 0.5) is 0 Å². The largest absolute Gasteiger partial charge is 0.494 e. The number of ether oxygens (including phenoxy) is 1. The minimum absolute atomic E-state index is 0.624. The van der Waals surface area contributed by atoms with Crippen LogP contribution in [0.2, 0.25) is 0 Å². The maximum Gasteiger partial charge on any atom is 0.119 e. The molecule has 1 aromatic carbocycles. The van der Waals surface area contributed by atoms with Crippen LogP contribution in [0.5, 0.6) is 5.75 Å². The van der Waals surface area contributed by atoms with E-state index in [0.717, 1.165) is 45.0 Å². The Labute approximate surface area is 104 Å². The number of nitrogens with zero attached hydrogens (tertiary/aromatic N) is 1. The van der Waals surface area contributed by atoms with E-state index in [-0.39, 0.29) is 0 Å². The SMILES string of the molecule is C[C@H]1CN(CCCOc2ccccc2)CCN1. The van der Waals surface area contributed by atoms with Crippen LogP contribution in [-0.2, 0) is 0 Å². The van der Waals surface area contributed by atoms with Gasteiger partial charge in [0.2, 0.25) is 0 Å². The van der Waals surface area contributed by atoms with Crippen molar-refractivity contribution >= 4 is 0 Å². The Kier molecular flexibility index (Phi) is 4.83. The predicted molar refractivity (Wildman–Crippen MR) is 70.5 cm³/mol. The van der Waals surface area contributed by atoms with Gasteiger partial charge in [0.25, 0.3) is 0 Å². The van der Waals surface area contributed by atoms with Crippen molar-refractivity contribution in [3.8, 4) is 5.75 Å². The molecule has 1 atom stereocenters. The van der Waals surface area contributed by atoms with Crippen molar-refractivity contribution in [3.05, 3.63) is 30.3 Å². The molecular weight excluding hydrogens is 212 g/mol. The molecule has 0 unspecified atom stereocenters. The number of para-hydroxylation sites is 1. The van der Waals surface area contributed by atoms with Crippen LogP contribution in [0.1, 0.15) is 13.3 Å². The van der Waals surface area contributed by atoms with Crippen LogP contribution in [0.25, 0.3) is 0 Å². The van der Waals surface area contributed by atoms with Crippen molar-refractivity contribution < 1.29 is 4.74 Å². The van der Waals surface area contributed by atoms with E-state index in [4.69, 9.17) is 4.74 Å². The molecule has 0 aliphatic carbocycles. The topological polar surface area (TPSA) is 24.5 Å². The van der Waals surface area contributed by atoms with E-state index < -0.39 is 0 Å². The second-order valence-electron chi connectivity index (χ2n) is 4.67. The highest BCUT2D eigenvalue weighted by molar-refractivity contribution is 5.20. The predicted octanol–water partition coefficient (Wildman–Crippen LogP) is 1.75. The molecule has 1 aliphatic rings. The molecule has 0 radical (unpaired) electrons. The smallest absolute Gasteiger partial charge is 0.119 e. The average molecular weight is 234 g/mol. The molecule has 94 valence electrons. The molecular formula is C14H22N2O. The molecule has 1 saturated heterocycles. The van der Waals surface area contributed by atoms with Gasteiger partial charge in [-0.2, -0.15) is 0 Å². The number of piperazine rings is 1. The summed E-state index contributed by atoms with van der Waals surface area (Å²) in [6, 6.07) is 10.7. The van der Waals surface area contributed by atoms with E-state index in [1.165, 1.54) is 0 Å². The lowest BCUT2D eigenvalue weighted by atomic mass is 10.2. The van der Waals surface area contributed by atoms with E-state index >= 15 is 0 Å².